The van der Waals surface area contributed by atoms with Crippen molar-refractivity contribution in [2.24, 2.45) is 0 Å². The Hall–Kier alpha value is -3.08. The minimum absolute atomic E-state index is 0.0184. The Kier molecular flexibility index (Phi) is 6.26. The molecule has 1 aromatic heterocycles. The Balaban J connectivity index is 1.46. The van der Waals surface area contributed by atoms with Gasteiger partial charge >= 0.3 is 0 Å². The average Bonchev–Trinajstić information content (AvgIpc) is 3.15. The van der Waals surface area contributed by atoms with Crippen LogP contribution in [0, 0.1) is 0 Å². The molecular formula is C22H25N3O2. The molecule has 5 nitrogen and oxygen atoms in total. The van der Waals surface area contributed by atoms with E-state index in [0.29, 0.717) is 6.42 Å². The van der Waals surface area contributed by atoms with Crippen LogP contribution >= 0.6 is 0 Å². The second-order valence-electron chi connectivity index (χ2n) is 6.66. The van der Waals surface area contributed by atoms with Crippen LogP contribution in [0.5, 0.6) is 5.75 Å². The summed E-state index contributed by atoms with van der Waals surface area (Å²) < 4.78 is 6.96. The predicted molar refractivity (Wildman–Crippen MR) is 106 cm³/mol. The molecule has 0 saturated heterocycles. The van der Waals surface area contributed by atoms with E-state index in [1.54, 1.807) is 18.0 Å². The van der Waals surface area contributed by atoms with Crippen molar-refractivity contribution in [3.8, 4) is 11.4 Å². The van der Waals surface area contributed by atoms with Crippen molar-refractivity contribution in [3.05, 3.63) is 78.1 Å². The largest absolute Gasteiger partial charge is 0.497 e. The summed E-state index contributed by atoms with van der Waals surface area (Å²) in [5, 5.41) is 7.40. The summed E-state index contributed by atoms with van der Waals surface area (Å²) in [6.07, 6.45) is 5.78. The van der Waals surface area contributed by atoms with Gasteiger partial charge in [-0.15, -0.1) is 0 Å². The normalized spacial score (nSPS) is 11.8. The zero-order valence-corrected chi connectivity index (χ0v) is 15.8. The Morgan fingerprint density at radius 3 is 2.56 bits per heavy atom. The summed E-state index contributed by atoms with van der Waals surface area (Å²) in [5.41, 5.74) is 3.12. The molecule has 1 atom stereocenters. The maximum absolute atomic E-state index is 12.3. The Morgan fingerprint density at radius 2 is 1.85 bits per heavy atom. The predicted octanol–water partition coefficient (Wildman–Crippen LogP) is 3.56. The smallest absolute Gasteiger partial charge is 0.224 e. The van der Waals surface area contributed by atoms with Crippen LogP contribution in [0.4, 0.5) is 0 Å². The van der Waals surface area contributed by atoms with Gasteiger partial charge in [-0.25, -0.2) is 4.68 Å². The number of nitrogens with one attached hydrogen (secondary N) is 1. The van der Waals surface area contributed by atoms with Crippen molar-refractivity contribution in [2.45, 2.75) is 32.2 Å². The fourth-order valence-electron chi connectivity index (χ4n) is 2.93. The third kappa shape index (κ3) is 5.45. The highest BCUT2D eigenvalue weighted by atomic mass is 16.5. The lowest BCUT2D eigenvalue weighted by atomic mass is 10.1. The number of para-hydroxylation sites is 1. The number of nitrogens with zero attached hydrogens (tertiary/aromatic N) is 2. The van der Waals surface area contributed by atoms with Crippen LogP contribution < -0.4 is 10.1 Å². The topological polar surface area (TPSA) is 56.1 Å². The molecule has 0 aliphatic heterocycles. The monoisotopic (exact) mass is 363 g/mol. The van der Waals surface area contributed by atoms with Crippen LogP contribution in [0.25, 0.3) is 5.69 Å². The molecule has 2 aromatic carbocycles. The van der Waals surface area contributed by atoms with Gasteiger partial charge in [0.1, 0.15) is 5.75 Å². The highest BCUT2D eigenvalue weighted by Crippen LogP contribution is 2.13. The maximum Gasteiger partial charge on any atom is 0.224 e. The van der Waals surface area contributed by atoms with Gasteiger partial charge in [0.25, 0.3) is 0 Å². The van der Waals surface area contributed by atoms with Crippen molar-refractivity contribution in [2.75, 3.05) is 7.11 Å². The second-order valence-corrected chi connectivity index (χ2v) is 6.66. The van der Waals surface area contributed by atoms with Gasteiger partial charge in [0.05, 0.1) is 25.4 Å². The SMILES string of the molecule is COc1ccc(CCC(C)NC(=O)Cc2cnn(-c3ccccc3)c2)cc1. The van der Waals surface area contributed by atoms with Crippen molar-refractivity contribution >= 4 is 5.91 Å². The Labute approximate surface area is 160 Å². The number of aryl methyl sites for hydroxylation is 1. The summed E-state index contributed by atoms with van der Waals surface area (Å²) in [6, 6.07) is 18.0. The van der Waals surface area contributed by atoms with E-state index in [4.69, 9.17) is 4.74 Å². The molecule has 0 radical (unpaired) electrons. The van der Waals surface area contributed by atoms with Gasteiger partial charge in [-0.1, -0.05) is 30.3 Å². The van der Waals surface area contributed by atoms with Gasteiger partial charge < -0.3 is 10.1 Å². The molecule has 5 heteroatoms. The molecule has 0 aliphatic carbocycles. The van der Waals surface area contributed by atoms with Crippen molar-refractivity contribution in [1.29, 1.82) is 0 Å². The van der Waals surface area contributed by atoms with Crippen molar-refractivity contribution in [3.63, 3.8) is 0 Å². The fraction of sp³-hybridized carbons (Fsp3) is 0.273. The molecule has 3 rings (SSSR count). The van der Waals surface area contributed by atoms with E-state index in [1.807, 2.05) is 55.6 Å². The first kappa shape index (κ1) is 18.7. The molecule has 27 heavy (non-hydrogen) atoms. The van der Waals surface area contributed by atoms with Crippen LogP contribution in [-0.4, -0.2) is 28.8 Å². The molecule has 0 bridgehead atoms. The molecule has 0 saturated carbocycles. The Morgan fingerprint density at radius 1 is 1.11 bits per heavy atom. The van der Waals surface area contributed by atoms with E-state index in [2.05, 4.69) is 22.5 Å². The number of ether oxygens (including phenoxy) is 1. The number of aromatic nitrogens is 2. The molecule has 140 valence electrons. The average molecular weight is 363 g/mol. The number of benzene rings is 2. The molecule has 1 N–H and O–H groups in total. The zero-order valence-electron chi connectivity index (χ0n) is 15.8. The lowest BCUT2D eigenvalue weighted by molar-refractivity contribution is -0.121. The van der Waals surface area contributed by atoms with E-state index < -0.39 is 0 Å². The number of carbonyl (C=O) groups is 1. The van der Waals surface area contributed by atoms with Crippen LogP contribution in [0.1, 0.15) is 24.5 Å². The van der Waals surface area contributed by atoms with Crippen molar-refractivity contribution in [1.82, 2.24) is 15.1 Å². The summed E-state index contributed by atoms with van der Waals surface area (Å²) in [6.45, 7) is 2.04. The molecule has 3 aromatic rings. The summed E-state index contributed by atoms with van der Waals surface area (Å²) in [5.74, 6) is 0.876. The molecule has 0 fully saturated rings. The molecule has 0 spiro atoms. The van der Waals surface area contributed by atoms with E-state index in [-0.39, 0.29) is 11.9 Å². The third-order valence-corrected chi connectivity index (χ3v) is 4.45. The standard InChI is InChI=1S/C22H25N3O2/c1-17(8-9-18-10-12-21(27-2)13-11-18)24-22(26)14-19-15-23-25(16-19)20-6-4-3-5-7-20/h3-7,10-13,15-17H,8-9,14H2,1-2H3,(H,24,26). The molecule has 0 aliphatic rings. The first-order valence-electron chi connectivity index (χ1n) is 9.15. The van der Waals surface area contributed by atoms with Gasteiger partial charge in [-0.3, -0.25) is 4.79 Å². The summed E-state index contributed by atoms with van der Waals surface area (Å²) in [4.78, 5) is 12.3. The second kappa shape index (κ2) is 9.03. The highest BCUT2D eigenvalue weighted by molar-refractivity contribution is 5.78. The fourth-order valence-corrected chi connectivity index (χ4v) is 2.93. The van der Waals surface area contributed by atoms with Gasteiger partial charge in [0.2, 0.25) is 5.91 Å². The first-order chi connectivity index (χ1) is 13.1. The number of hydrogen-bond acceptors (Lipinski definition) is 3. The van der Waals surface area contributed by atoms with Gasteiger partial charge in [0.15, 0.2) is 0 Å². The summed E-state index contributed by atoms with van der Waals surface area (Å²) >= 11 is 0. The molecule has 1 amide bonds. The molecule has 1 unspecified atom stereocenters. The molecular weight excluding hydrogens is 338 g/mol. The van der Waals surface area contributed by atoms with E-state index in [0.717, 1.165) is 29.8 Å². The maximum atomic E-state index is 12.3. The number of methoxy groups -OCH3 is 1. The number of amides is 1. The van der Waals surface area contributed by atoms with Crippen LogP contribution in [0.3, 0.4) is 0 Å². The summed E-state index contributed by atoms with van der Waals surface area (Å²) in [7, 11) is 1.66. The lowest BCUT2D eigenvalue weighted by Crippen LogP contribution is -2.33. The Bertz CT molecular complexity index is 857. The lowest BCUT2D eigenvalue weighted by Gasteiger charge is -2.13. The number of rotatable bonds is 8. The zero-order chi connectivity index (χ0) is 19.1. The third-order valence-electron chi connectivity index (χ3n) is 4.45. The van der Waals surface area contributed by atoms with Crippen molar-refractivity contribution < 1.29 is 9.53 Å². The van der Waals surface area contributed by atoms with Gasteiger partial charge in [-0.05, 0) is 55.2 Å². The number of carbonyl (C=O) groups excluding carboxylic acids is 1. The quantitative estimate of drug-likeness (QED) is 0.666. The van der Waals surface area contributed by atoms with Gasteiger partial charge in [0, 0.05) is 12.2 Å². The van der Waals surface area contributed by atoms with E-state index in [9.17, 15) is 4.79 Å². The van der Waals surface area contributed by atoms with Crippen LogP contribution in [0.2, 0.25) is 0 Å². The first-order valence-corrected chi connectivity index (χ1v) is 9.15. The minimum Gasteiger partial charge on any atom is -0.497 e. The van der Waals surface area contributed by atoms with E-state index in [1.165, 1.54) is 5.56 Å². The minimum atomic E-state index is 0.0184. The molecule has 1 heterocycles. The highest BCUT2D eigenvalue weighted by Gasteiger charge is 2.10. The van der Waals surface area contributed by atoms with Crippen LogP contribution in [0.15, 0.2) is 67.0 Å². The van der Waals surface area contributed by atoms with Gasteiger partial charge in [-0.2, -0.15) is 5.10 Å². The number of hydrogen-bond donors (Lipinski definition) is 1. The van der Waals surface area contributed by atoms with E-state index >= 15 is 0 Å². The van der Waals surface area contributed by atoms with Crippen LogP contribution in [-0.2, 0) is 17.6 Å².